The van der Waals surface area contributed by atoms with Crippen molar-refractivity contribution in [1.29, 1.82) is 0 Å². The van der Waals surface area contributed by atoms with E-state index in [1.165, 1.54) is 24.5 Å². The third kappa shape index (κ3) is 2.63. The Bertz CT molecular complexity index is 435. The first-order valence-corrected chi connectivity index (χ1v) is 6.59. The van der Waals surface area contributed by atoms with Crippen LogP contribution in [-0.4, -0.2) is 9.13 Å². The quantitative estimate of drug-likeness (QED) is 0.544. The van der Waals surface area contributed by atoms with Crippen molar-refractivity contribution in [1.82, 2.24) is 9.13 Å². The van der Waals surface area contributed by atoms with Gasteiger partial charge >= 0.3 is 0 Å². The van der Waals surface area contributed by atoms with Crippen molar-refractivity contribution in [2.45, 2.75) is 25.7 Å². The second-order valence-electron chi connectivity index (χ2n) is 5.08. The Morgan fingerprint density at radius 1 is 0.833 bits per heavy atom. The van der Waals surface area contributed by atoms with Crippen molar-refractivity contribution in [2.75, 3.05) is 0 Å². The second kappa shape index (κ2) is 5.38. The zero-order valence-electron chi connectivity index (χ0n) is 11.9. The molecular weight excluding hydrogens is 224 g/mol. The van der Waals surface area contributed by atoms with Crippen LogP contribution in [0.1, 0.15) is 24.5 Å². The molecule has 0 radical (unpaired) electrons. The molecule has 0 atom stereocenters. The largest absolute Gasteiger partial charge is 0.255 e. The number of hydrogen-bond donors (Lipinski definition) is 0. The fourth-order valence-electron chi connectivity index (χ4n) is 2.51. The van der Waals surface area contributed by atoms with Gasteiger partial charge in [0.25, 0.3) is 11.6 Å². The van der Waals surface area contributed by atoms with E-state index in [1.54, 1.807) is 0 Å². The van der Waals surface area contributed by atoms with Crippen molar-refractivity contribution >= 4 is 0 Å². The Hall–Kier alpha value is -1.58. The minimum absolute atomic E-state index is 1.15. The summed E-state index contributed by atoms with van der Waals surface area (Å²) in [6.07, 6.45) is 13.2. The van der Waals surface area contributed by atoms with E-state index in [-0.39, 0.29) is 0 Å². The topological polar surface area (TPSA) is 17.6 Å². The summed E-state index contributed by atoms with van der Waals surface area (Å²) >= 11 is 0. The molecule has 0 amide bonds. The Kier molecular flexibility index (Phi) is 3.84. The van der Waals surface area contributed by atoms with Crippen LogP contribution in [0.15, 0.2) is 24.8 Å². The molecule has 0 spiro atoms. The zero-order valence-corrected chi connectivity index (χ0v) is 11.9. The highest BCUT2D eigenvalue weighted by atomic mass is 15.1. The number of imidazole rings is 2. The minimum atomic E-state index is 1.15. The molecule has 2 rings (SSSR count). The van der Waals surface area contributed by atoms with Crippen molar-refractivity contribution in [3.05, 3.63) is 36.4 Å². The summed E-state index contributed by atoms with van der Waals surface area (Å²) < 4.78 is 8.84. The van der Waals surface area contributed by atoms with Gasteiger partial charge in [0.05, 0.1) is 28.2 Å². The molecule has 2 heterocycles. The van der Waals surface area contributed by atoms with Crippen LogP contribution in [0.4, 0.5) is 0 Å². The smallest absolute Gasteiger partial charge is 0.237 e. The molecule has 0 bridgehead atoms. The molecule has 0 aromatic carbocycles. The van der Waals surface area contributed by atoms with Crippen molar-refractivity contribution in [2.24, 2.45) is 28.2 Å². The summed E-state index contributed by atoms with van der Waals surface area (Å²) in [5, 5.41) is 0. The summed E-state index contributed by atoms with van der Waals surface area (Å²) in [4.78, 5) is 0. The zero-order chi connectivity index (χ0) is 13.1. The molecule has 2 aromatic heterocycles. The highest BCUT2D eigenvalue weighted by Gasteiger charge is 2.13. The van der Waals surface area contributed by atoms with Gasteiger partial charge in [-0.2, -0.15) is 0 Å². The predicted molar refractivity (Wildman–Crippen MR) is 69.8 cm³/mol. The first kappa shape index (κ1) is 12.9. The number of aromatic nitrogens is 4. The fourth-order valence-corrected chi connectivity index (χ4v) is 2.51. The summed E-state index contributed by atoms with van der Waals surface area (Å²) in [6.45, 7) is 0. The second-order valence-corrected chi connectivity index (χ2v) is 5.08. The lowest BCUT2D eigenvalue weighted by Gasteiger charge is -2.00. The van der Waals surface area contributed by atoms with Crippen LogP contribution in [0.5, 0.6) is 0 Å². The number of aryl methyl sites for hydroxylation is 4. The van der Waals surface area contributed by atoms with Crippen LogP contribution in [0, 0.1) is 0 Å². The maximum Gasteiger partial charge on any atom is 0.255 e. The number of rotatable bonds is 5. The fraction of sp³-hybridized carbons (Fsp3) is 0.571. The van der Waals surface area contributed by atoms with Crippen LogP contribution >= 0.6 is 0 Å². The van der Waals surface area contributed by atoms with Crippen molar-refractivity contribution in [3.8, 4) is 0 Å². The van der Waals surface area contributed by atoms with E-state index in [1.807, 2.05) is 0 Å². The molecule has 0 unspecified atom stereocenters. The summed E-state index contributed by atoms with van der Waals surface area (Å²) in [5.74, 6) is 2.79. The molecule has 4 nitrogen and oxygen atoms in total. The Morgan fingerprint density at radius 2 is 1.22 bits per heavy atom. The van der Waals surface area contributed by atoms with E-state index in [9.17, 15) is 0 Å². The molecule has 18 heavy (non-hydrogen) atoms. The average Bonchev–Trinajstić information content (AvgIpc) is 2.82. The molecule has 0 aliphatic carbocycles. The van der Waals surface area contributed by atoms with Gasteiger partial charge in [0, 0.05) is 12.8 Å². The van der Waals surface area contributed by atoms with Crippen LogP contribution in [0.25, 0.3) is 0 Å². The van der Waals surface area contributed by atoms with E-state index >= 15 is 0 Å². The standard InChI is InChI=1S/C14H24N4/c1-15-9-10-16(2)13(15)7-5-6-8-14-17(3)11-12-18(14)4/h9-12H,5-8H2,1-4H3/q+2. The number of unbranched alkanes of at least 4 members (excludes halogenated alkanes) is 1. The van der Waals surface area contributed by atoms with E-state index in [0.29, 0.717) is 0 Å². The molecule has 4 heteroatoms. The van der Waals surface area contributed by atoms with Gasteiger partial charge in [0.15, 0.2) is 0 Å². The van der Waals surface area contributed by atoms with Gasteiger partial charge in [-0.25, -0.2) is 18.3 Å². The Morgan fingerprint density at radius 3 is 1.50 bits per heavy atom. The molecule has 0 N–H and O–H groups in total. The molecule has 0 aliphatic heterocycles. The van der Waals surface area contributed by atoms with Gasteiger partial charge in [0.2, 0.25) is 0 Å². The van der Waals surface area contributed by atoms with Gasteiger partial charge in [-0.15, -0.1) is 0 Å². The molecule has 2 aromatic rings. The third-order valence-corrected chi connectivity index (χ3v) is 3.71. The first-order valence-electron chi connectivity index (χ1n) is 6.59. The summed E-state index contributed by atoms with van der Waals surface area (Å²) in [5.41, 5.74) is 0. The highest BCUT2D eigenvalue weighted by Crippen LogP contribution is 2.04. The molecule has 98 valence electrons. The van der Waals surface area contributed by atoms with E-state index in [4.69, 9.17) is 0 Å². The summed E-state index contributed by atoms with van der Waals surface area (Å²) in [7, 11) is 8.47. The van der Waals surface area contributed by atoms with Gasteiger partial charge in [-0.1, -0.05) is 0 Å². The third-order valence-electron chi connectivity index (χ3n) is 3.71. The normalized spacial score (nSPS) is 11.1. The number of hydrogen-bond acceptors (Lipinski definition) is 0. The maximum atomic E-state index is 2.21. The first-order chi connectivity index (χ1) is 8.59. The lowest BCUT2D eigenvalue weighted by molar-refractivity contribution is -0.679. The van der Waals surface area contributed by atoms with E-state index in [0.717, 1.165) is 12.8 Å². The van der Waals surface area contributed by atoms with E-state index in [2.05, 4.69) is 71.2 Å². The monoisotopic (exact) mass is 248 g/mol. The van der Waals surface area contributed by atoms with Crippen LogP contribution in [0.2, 0.25) is 0 Å². The van der Waals surface area contributed by atoms with Crippen LogP contribution < -0.4 is 9.13 Å². The molecule has 0 fully saturated rings. The number of nitrogens with zero attached hydrogens (tertiary/aromatic N) is 4. The van der Waals surface area contributed by atoms with Crippen LogP contribution in [0.3, 0.4) is 0 Å². The highest BCUT2D eigenvalue weighted by molar-refractivity contribution is 4.84. The molecular formula is C14H24N4+2. The summed E-state index contributed by atoms with van der Waals surface area (Å²) in [6, 6.07) is 0. The van der Waals surface area contributed by atoms with Gasteiger partial charge in [-0.05, 0) is 12.8 Å². The van der Waals surface area contributed by atoms with Crippen molar-refractivity contribution < 1.29 is 9.13 Å². The minimum Gasteiger partial charge on any atom is -0.237 e. The predicted octanol–water partition coefficient (Wildman–Crippen LogP) is 0.578. The average molecular weight is 248 g/mol. The lowest BCUT2D eigenvalue weighted by Crippen LogP contribution is -2.32. The molecule has 0 aliphatic rings. The lowest BCUT2D eigenvalue weighted by atomic mass is 10.2. The van der Waals surface area contributed by atoms with Crippen molar-refractivity contribution in [3.63, 3.8) is 0 Å². The van der Waals surface area contributed by atoms with Gasteiger partial charge in [0.1, 0.15) is 24.8 Å². The van der Waals surface area contributed by atoms with Crippen LogP contribution in [-0.2, 0) is 41.0 Å². The van der Waals surface area contributed by atoms with Gasteiger partial charge < -0.3 is 0 Å². The van der Waals surface area contributed by atoms with E-state index < -0.39 is 0 Å². The maximum absolute atomic E-state index is 2.21. The SMILES string of the molecule is Cn1cc[n+](C)c1CCCCc1n(C)cc[n+]1C. The molecule has 0 saturated heterocycles. The molecule has 0 saturated carbocycles. The van der Waals surface area contributed by atoms with Gasteiger partial charge in [-0.3, -0.25) is 0 Å². The Labute approximate surface area is 109 Å². The Balaban J connectivity index is 1.84.